The Morgan fingerprint density at radius 1 is 1.40 bits per heavy atom. The van der Waals surface area contributed by atoms with Gasteiger partial charge in [-0.3, -0.25) is 9.59 Å². The van der Waals surface area contributed by atoms with Gasteiger partial charge in [0.2, 0.25) is 5.91 Å². The van der Waals surface area contributed by atoms with E-state index in [0.29, 0.717) is 18.9 Å². The van der Waals surface area contributed by atoms with Gasteiger partial charge in [-0.15, -0.1) is 0 Å². The molecule has 0 bridgehead atoms. The third kappa shape index (κ3) is 3.85. The summed E-state index contributed by atoms with van der Waals surface area (Å²) in [6.07, 6.45) is 0.575. The maximum Gasteiger partial charge on any atom is 0.223 e. The molecule has 0 radical (unpaired) electrons. The summed E-state index contributed by atoms with van der Waals surface area (Å²) in [5.74, 6) is 1.27. The van der Waals surface area contributed by atoms with Crippen molar-refractivity contribution < 1.29 is 9.59 Å². The first-order valence-corrected chi connectivity index (χ1v) is 7.91. The van der Waals surface area contributed by atoms with Crippen molar-refractivity contribution in [2.24, 2.45) is 5.92 Å². The van der Waals surface area contributed by atoms with Crippen molar-refractivity contribution in [2.75, 3.05) is 12.3 Å². The van der Waals surface area contributed by atoms with Crippen molar-refractivity contribution in [1.29, 1.82) is 0 Å². The van der Waals surface area contributed by atoms with E-state index in [2.05, 4.69) is 32.0 Å². The third-order valence-corrected chi connectivity index (χ3v) is 4.73. The maximum atomic E-state index is 12.1. The monoisotopic (exact) mass is 291 g/mol. The molecule has 1 aromatic rings. The van der Waals surface area contributed by atoms with Gasteiger partial charge in [0.1, 0.15) is 0 Å². The Kier molecular flexibility index (Phi) is 4.86. The average Bonchev–Trinajstić information content (AvgIpc) is 2.72. The second-order valence-electron chi connectivity index (χ2n) is 5.58. The first kappa shape index (κ1) is 15.1. The van der Waals surface area contributed by atoms with Gasteiger partial charge in [0.15, 0.2) is 5.12 Å². The fourth-order valence-corrected chi connectivity index (χ4v) is 3.22. The summed E-state index contributed by atoms with van der Waals surface area (Å²) in [5, 5.41) is 0.130. The van der Waals surface area contributed by atoms with E-state index in [4.69, 9.17) is 0 Å². The molecule has 1 aliphatic rings. The molecule has 20 heavy (non-hydrogen) atoms. The van der Waals surface area contributed by atoms with Crippen molar-refractivity contribution in [3.63, 3.8) is 0 Å². The second-order valence-corrected chi connectivity index (χ2v) is 6.77. The van der Waals surface area contributed by atoms with Gasteiger partial charge < -0.3 is 4.90 Å². The predicted octanol–water partition coefficient (Wildman–Crippen LogP) is 2.93. The molecule has 2 rings (SSSR count). The molecule has 1 unspecified atom stereocenters. The Hall–Kier alpha value is -1.29. The second kappa shape index (κ2) is 6.44. The number of nitrogens with zero attached hydrogens (tertiary/aromatic N) is 1. The smallest absolute Gasteiger partial charge is 0.223 e. The molecule has 1 heterocycles. The van der Waals surface area contributed by atoms with Crippen molar-refractivity contribution >= 4 is 22.8 Å². The van der Waals surface area contributed by atoms with Crippen LogP contribution in [0.4, 0.5) is 0 Å². The van der Waals surface area contributed by atoms with Gasteiger partial charge in [-0.05, 0) is 30.9 Å². The van der Waals surface area contributed by atoms with Gasteiger partial charge in [-0.25, -0.2) is 0 Å². The molecule has 3 nitrogen and oxygen atoms in total. The Balaban J connectivity index is 1.98. The summed E-state index contributed by atoms with van der Waals surface area (Å²) >= 11 is 1.33. The lowest BCUT2D eigenvalue weighted by molar-refractivity contribution is -0.128. The van der Waals surface area contributed by atoms with E-state index in [1.807, 2.05) is 4.90 Å². The topological polar surface area (TPSA) is 37.4 Å². The van der Waals surface area contributed by atoms with Crippen LogP contribution in [-0.2, 0) is 16.1 Å². The SMILES string of the molecule is CC(=O)SCC1CC(=O)N(Cc2cc(C)ccc2C)C1. The van der Waals surface area contributed by atoms with Crippen LogP contribution in [0.15, 0.2) is 18.2 Å². The minimum atomic E-state index is 0.130. The summed E-state index contributed by atoms with van der Waals surface area (Å²) in [6, 6.07) is 6.35. The molecule has 1 fully saturated rings. The first-order chi connectivity index (χ1) is 9.45. The molecule has 1 atom stereocenters. The normalized spacial score (nSPS) is 18.6. The molecule has 1 aromatic carbocycles. The highest BCUT2D eigenvalue weighted by molar-refractivity contribution is 8.13. The van der Waals surface area contributed by atoms with Crippen LogP contribution in [-0.4, -0.2) is 28.2 Å². The highest BCUT2D eigenvalue weighted by Gasteiger charge is 2.29. The molecule has 0 N–H and O–H groups in total. The van der Waals surface area contributed by atoms with E-state index < -0.39 is 0 Å². The molecule has 1 amide bonds. The zero-order valence-corrected chi connectivity index (χ0v) is 13.1. The number of hydrogen-bond acceptors (Lipinski definition) is 3. The van der Waals surface area contributed by atoms with Crippen LogP contribution in [0.5, 0.6) is 0 Å². The lowest BCUT2D eigenvalue weighted by Gasteiger charge is -2.18. The molecule has 0 spiro atoms. The molecule has 1 saturated heterocycles. The summed E-state index contributed by atoms with van der Waals surface area (Å²) in [7, 11) is 0. The summed E-state index contributed by atoms with van der Waals surface area (Å²) in [6.45, 7) is 7.19. The zero-order valence-electron chi connectivity index (χ0n) is 12.3. The van der Waals surface area contributed by atoms with Crippen molar-refractivity contribution in [2.45, 2.75) is 33.7 Å². The lowest BCUT2D eigenvalue weighted by atomic mass is 10.1. The highest BCUT2D eigenvalue weighted by Crippen LogP contribution is 2.24. The summed E-state index contributed by atoms with van der Waals surface area (Å²) in [4.78, 5) is 25.0. The van der Waals surface area contributed by atoms with Gasteiger partial charge in [0.05, 0.1) is 0 Å². The number of benzene rings is 1. The van der Waals surface area contributed by atoms with E-state index in [-0.39, 0.29) is 11.0 Å². The highest BCUT2D eigenvalue weighted by atomic mass is 32.2. The number of aryl methyl sites for hydroxylation is 2. The molecule has 108 valence electrons. The van der Waals surface area contributed by atoms with E-state index in [1.54, 1.807) is 6.92 Å². The fraction of sp³-hybridized carbons (Fsp3) is 0.500. The zero-order chi connectivity index (χ0) is 14.7. The summed E-state index contributed by atoms with van der Waals surface area (Å²) < 4.78 is 0. The fourth-order valence-electron chi connectivity index (χ4n) is 2.53. The maximum absolute atomic E-state index is 12.1. The van der Waals surface area contributed by atoms with Crippen LogP contribution in [0.3, 0.4) is 0 Å². The van der Waals surface area contributed by atoms with Crippen molar-refractivity contribution in [3.05, 3.63) is 34.9 Å². The Bertz CT molecular complexity index is 527. The first-order valence-electron chi connectivity index (χ1n) is 6.93. The van der Waals surface area contributed by atoms with E-state index >= 15 is 0 Å². The number of carbonyl (C=O) groups is 2. The molecular weight excluding hydrogens is 270 g/mol. The standard InChI is InChI=1S/C16H21NO2S/c1-11-4-5-12(2)15(6-11)9-17-8-14(7-16(17)19)10-20-13(3)18/h4-6,14H,7-10H2,1-3H3. The molecule has 4 heteroatoms. The molecule has 0 aromatic heterocycles. The molecule has 0 aliphatic carbocycles. The van der Waals surface area contributed by atoms with E-state index in [9.17, 15) is 9.59 Å². The lowest BCUT2D eigenvalue weighted by Crippen LogP contribution is -2.25. The minimum absolute atomic E-state index is 0.130. The molecular formula is C16H21NO2S. The average molecular weight is 291 g/mol. The van der Waals surface area contributed by atoms with Crippen molar-refractivity contribution in [3.8, 4) is 0 Å². The third-order valence-electron chi connectivity index (χ3n) is 3.68. The summed E-state index contributed by atoms with van der Waals surface area (Å²) in [5.41, 5.74) is 3.67. The van der Waals surface area contributed by atoms with Crippen LogP contribution >= 0.6 is 11.8 Å². The Labute approximate surface area is 124 Å². The van der Waals surface area contributed by atoms with Crippen LogP contribution < -0.4 is 0 Å². The van der Waals surface area contributed by atoms with Gasteiger partial charge in [-0.1, -0.05) is 35.5 Å². The number of carbonyl (C=O) groups excluding carboxylic acids is 2. The van der Waals surface area contributed by atoms with Crippen molar-refractivity contribution in [1.82, 2.24) is 4.90 Å². The number of hydrogen-bond donors (Lipinski definition) is 0. The van der Waals surface area contributed by atoms with Gasteiger partial charge in [-0.2, -0.15) is 0 Å². The van der Waals surface area contributed by atoms with E-state index in [0.717, 1.165) is 12.3 Å². The number of amides is 1. The largest absolute Gasteiger partial charge is 0.338 e. The van der Waals surface area contributed by atoms with Crippen LogP contribution in [0.2, 0.25) is 0 Å². The number of thioether (sulfide) groups is 1. The van der Waals surface area contributed by atoms with Gasteiger partial charge in [0, 0.05) is 32.2 Å². The van der Waals surface area contributed by atoms with Gasteiger partial charge in [0.25, 0.3) is 0 Å². The number of likely N-dealkylation sites (tertiary alicyclic amines) is 1. The Morgan fingerprint density at radius 2 is 2.15 bits per heavy atom. The minimum Gasteiger partial charge on any atom is -0.338 e. The van der Waals surface area contributed by atoms with E-state index in [1.165, 1.54) is 28.5 Å². The Morgan fingerprint density at radius 3 is 2.85 bits per heavy atom. The number of rotatable bonds is 4. The van der Waals surface area contributed by atoms with Crippen LogP contribution in [0.25, 0.3) is 0 Å². The molecule has 1 aliphatic heterocycles. The van der Waals surface area contributed by atoms with Gasteiger partial charge >= 0.3 is 0 Å². The molecule has 0 saturated carbocycles. The van der Waals surface area contributed by atoms with Crippen LogP contribution in [0.1, 0.15) is 30.0 Å². The predicted molar refractivity (Wildman–Crippen MR) is 82.6 cm³/mol. The van der Waals surface area contributed by atoms with Crippen LogP contribution in [0, 0.1) is 19.8 Å². The quantitative estimate of drug-likeness (QED) is 0.856.